The molecule has 2 N–H and O–H groups in total. The van der Waals surface area contributed by atoms with Crippen LogP contribution in [0.3, 0.4) is 0 Å². The summed E-state index contributed by atoms with van der Waals surface area (Å²) < 4.78 is 5.10. The maximum Gasteiger partial charge on any atom is 0.193 e. The number of hydrogen-bond acceptors (Lipinski definition) is 5. The molecule has 1 aromatic heterocycles. The molecule has 5 heteroatoms. The van der Waals surface area contributed by atoms with Crippen molar-refractivity contribution in [2.24, 2.45) is 0 Å². The van der Waals surface area contributed by atoms with Crippen LogP contribution in [0.15, 0.2) is 11.4 Å². The highest BCUT2D eigenvalue weighted by Gasteiger charge is 2.08. The lowest BCUT2D eigenvalue weighted by Crippen LogP contribution is -1.99. The Morgan fingerprint density at radius 3 is 2.92 bits per heavy atom. The number of anilines is 1. The molecule has 4 nitrogen and oxygen atoms in total. The molecule has 0 saturated carbocycles. The van der Waals surface area contributed by atoms with Crippen LogP contribution in [0, 0.1) is 0 Å². The van der Waals surface area contributed by atoms with E-state index in [-0.39, 0.29) is 0 Å². The molecule has 0 spiro atoms. The Bertz CT molecular complexity index is 280. The minimum absolute atomic E-state index is 0.399. The van der Waals surface area contributed by atoms with Crippen molar-refractivity contribution in [2.45, 2.75) is 18.4 Å². The lowest BCUT2D eigenvalue weighted by atomic mass is 10.5. The molecule has 0 radical (unpaired) electrons. The van der Waals surface area contributed by atoms with Crippen LogP contribution in [0.2, 0.25) is 0 Å². The lowest BCUT2D eigenvalue weighted by Gasteiger charge is -2.07. The summed E-state index contributed by atoms with van der Waals surface area (Å²) in [6, 6.07) is 0. The predicted octanol–water partition coefficient (Wildman–Crippen LogP) is 1.57. The van der Waals surface area contributed by atoms with Gasteiger partial charge in [0.1, 0.15) is 11.4 Å². The Morgan fingerprint density at radius 1 is 1.54 bits per heavy atom. The van der Waals surface area contributed by atoms with E-state index in [2.05, 4.69) is 16.9 Å². The summed E-state index contributed by atoms with van der Waals surface area (Å²) in [5.41, 5.74) is 5.61. The number of nitrogens with zero attached hydrogens (tertiary/aromatic N) is 2. The van der Waals surface area contributed by atoms with Crippen molar-refractivity contribution in [3.8, 4) is 5.75 Å². The molecule has 0 unspecified atom stereocenters. The zero-order chi connectivity index (χ0) is 9.68. The maximum absolute atomic E-state index is 5.61. The monoisotopic (exact) mass is 199 g/mol. The number of rotatable bonds is 4. The average molecular weight is 199 g/mol. The Hall–Kier alpha value is -0.970. The minimum atomic E-state index is 0.399. The molecule has 0 aliphatic rings. The number of nitrogens with two attached hydrogens (primary N) is 1. The molecular formula is C8H13N3OS. The van der Waals surface area contributed by atoms with Crippen LogP contribution in [0.5, 0.6) is 5.75 Å². The molecule has 1 aromatic rings. The van der Waals surface area contributed by atoms with Gasteiger partial charge in [-0.1, -0.05) is 6.92 Å². The van der Waals surface area contributed by atoms with Crippen LogP contribution in [-0.2, 0) is 0 Å². The van der Waals surface area contributed by atoms with Crippen molar-refractivity contribution in [3.05, 3.63) is 6.33 Å². The first-order chi connectivity index (χ1) is 6.29. The Morgan fingerprint density at radius 2 is 2.31 bits per heavy atom. The van der Waals surface area contributed by atoms with E-state index in [4.69, 9.17) is 10.5 Å². The predicted molar refractivity (Wildman–Crippen MR) is 54.0 cm³/mol. The van der Waals surface area contributed by atoms with Crippen molar-refractivity contribution in [3.63, 3.8) is 0 Å². The van der Waals surface area contributed by atoms with Gasteiger partial charge >= 0.3 is 0 Å². The van der Waals surface area contributed by atoms with Crippen LogP contribution in [-0.4, -0.2) is 22.8 Å². The SMILES string of the molecule is CCCSc1ncnc(N)c1OC. The summed E-state index contributed by atoms with van der Waals surface area (Å²) in [6.45, 7) is 2.12. The second-order valence-electron chi connectivity index (χ2n) is 2.45. The molecule has 0 fully saturated rings. The smallest absolute Gasteiger partial charge is 0.193 e. The third kappa shape index (κ3) is 2.48. The number of nitrogen functional groups attached to an aromatic ring is 1. The highest BCUT2D eigenvalue weighted by Crippen LogP contribution is 2.30. The minimum Gasteiger partial charge on any atom is -0.490 e. The van der Waals surface area contributed by atoms with Crippen molar-refractivity contribution < 1.29 is 4.74 Å². The van der Waals surface area contributed by atoms with Gasteiger partial charge in [-0.05, 0) is 12.2 Å². The number of methoxy groups -OCH3 is 1. The van der Waals surface area contributed by atoms with Gasteiger partial charge in [0.25, 0.3) is 0 Å². The highest BCUT2D eigenvalue weighted by molar-refractivity contribution is 7.99. The first-order valence-electron chi connectivity index (χ1n) is 4.06. The third-order valence-electron chi connectivity index (χ3n) is 1.45. The number of ether oxygens (including phenoxy) is 1. The molecule has 1 heterocycles. The van der Waals surface area contributed by atoms with E-state index in [9.17, 15) is 0 Å². The summed E-state index contributed by atoms with van der Waals surface area (Å²) >= 11 is 1.63. The van der Waals surface area contributed by atoms with E-state index >= 15 is 0 Å². The normalized spacial score (nSPS) is 10.0. The zero-order valence-corrected chi connectivity index (χ0v) is 8.60. The highest BCUT2D eigenvalue weighted by atomic mass is 32.2. The molecule has 0 amide bonds. The Labute approximate surface area is 81.9 Å². The van der Waals surface area contributed by atoms with Crippen molar-refractivity contribution >= 4 is 17.6 Å². The van der Waals surface area contributed by atoms with Gasteiger partial charge in [-0.3, -0.25) is 0 Å². The molecule has 0 atom stereocenters. The molecular weight excluding hydrogens is 186 g/mol. The fourth-order valence-electron chi connectivity index (χ4n) is 0.864. The van der Waals surface area contributed by atoms with E-state index in [0.717, 1.165) is 17.2 Å². The fraction of sp³-hybridized carbons (Fsp3) is 0.500. The van der Waals surface area contributed by atoms with Crippen LogP contribution >= 0.6 is 11.8 Å². The number of hydrogen-bond donors (Lipinski definition) is 1. The molecule has 0 aliphatic carbocycles. The second kappa shape index (κ2) is 4.91. The maximum atomic E-state index is 5.61. The largest absolute Gasteiger partial charge is 0.490 e. The molecule has 13 heavy (non-hydrogen) atoms. The van der Waals surface area contributed by atoms with Crippen LogP contribution in [0.1, 0.15) is 13.3 Å². The summed E-state index contributed by atoms with van der Waals surface area (Å²) in [5, 5.41) is 0.817. The quantitative estimate of drug-likeness (QED) is 0.589. The zero-order valence-electron chi connectivity index (χ0n) is 7.78. The van der Waals surface area contributed by atoms with Crippen LogP contribution < -0.4 is 10.5 Å². The molecule has 72 valence electrons. The summed E-state index contributed by atoms with van der Waals surface area (Å²) in [6.07, 6.45) is 2.55. The standard InChI is InChI=1S/C8H13N3OS/c1-3-4-13-8-6(12-2)7(9)10-5-11-8/h5H,3-4H2,1-2H3,(H2,9,10,11). The number of thioether (sulfide) groups is 1. The van der Waals surface area contributed by atoms with E-state index in [1.54, 1.807) is 18.9 Å². The van der Waals surface area contributed by atoms with Gasteiger partial charge in [-0.2, -0.15) is 0 Å². The Balaban J connectivity index is 2.85. The fourth-order valence-corrected chi connectivity index (χ4v) is 1.70. The van der Waals surface area contributed by atoms with Gasteiger partial charge in [0.15, 0.2) is 11.6 Å². The van der Waals surface area contributed by atoms with Gasteiger partial charge in [-0.25, -0.2) is 9.97 Å². The van der Waals surface area contributed by atoms with Crippen molar-refractivity contribution in [2.75, 3.05) is 18.6 Å². The lowest BCUT2D eigenvalue weighted by molar-refractivity contribution is 0.401. The first-order valence-corrected chi connectivity index (χ1v) is 5.05. The van der Waals surface area contributed by atoms with E-state index in [1.165, 1.54) is 6.33 Å². The topological polar surface area (TPSA) is 61.0 Å². The Kier molecular flexibility index (Phi) is 3.82. The molecule has 0 saturated heterocycles. The second-order valence-corrected chi connectivity index (χ2v) is 3.53. The first kappa shape index (κ1) is 10.1. The molecule has 0 aliphatic heterocycles. The van der Waals surface area contributed by atoms with E-state index in [0.29, 0.717) is 11.6 Å². The van der Waals surface area contributed by atoms with E-state index < -0.39 is 0 Å². The van der Waals surface area contributed by atoms with Crippen LogP contribution in [0.25, 0.3) is 0 Å². The summed E-state index contributed by atoms with van der Waals surface area (Å²) in [4.78, 5) is 7.94. The summed E-state index contributed by atoms with van der Waals surface area (Å²) in [5.74, 6) is 1.99. The van der Waals surface area contributed by atoms with Gasteiger partial charge in [0.2, 0.25) is 0 Å². The van der Waals surface area contributed by atoms with Crippen molar-refractivity contribution in [1.82, 2.24) is 9.97 Å². The molecule has 1 rings (SSSR count). The molecule has 0 aromatic carbocycles. The molecule has 0 bridgehead atoms. The van der Waals surface area contributed by atoms with E-state index in [1.807, 2.05) is 0 Å². The third-order valence-corrected chi connectivity index (χ3v) is 2.62. The average Bonchev–Trinajstić information content (AvgIpc) is 2.15. The van der Waals surface area contributed by atoms with Gasteiger partial charge < -0.3 is 10.5 Å². The van der Waals surface area contributed by atoms with Gasteiger partial charge in [0, 0.05) is 0 Å². The van der Waals surface area contributed by atoms with Crippen molar-refractivity contribution in [1.29, 1.82) is 0 Å². The van der Waals surface area contributed by atoms with Gasteiger partial charge in [0.05, 0.1) is 7.11 Å². The summed E-state index contributed by atoms with van der Waals surface area (Å²) in [7, 11) is 1.57. The number of aromatic nitrogens is 2. The van der Waals surface area contributed by atoms with Gasteiger partial charge in [-0.15, -0.1) is 11.8 Å². The van der Waals surface area contributed by atoms with Crippen LogP contribution in [0.4, 0.5) is 5.82 Å².